The van der Waals surface area contributed by atoms with Crippen molar-refractivity contribution in [1.29, 1.82) is 0 Å². The number of aryl methyl sites for hydroxylation is 2. The average Bonchev–Trinajstić information content (AvgIpc) is 3.47. The molecule has 0 atom stereocenters. The van der Waals surface area contributed by atoms with E-state index in [9.17, 15) is 8.78 Å². The normalized spacial score (nSPS) is 11.1. The molecule has 2 heterocycles. The standard InChI is InChI=1S/C24H16F2N4O2/c1-13-6-8-19(25)17(10-13)21-27-23(31-29-21)15-4-3-5-16(12-15)24-28-22(30-32-24)18-11-14(2)7-9-20(18)26/h3-12H,1-2H3. The van der Waals surface area contributed by atoms with Gasteiger partial charge in [0.25, 0.3) is 11.8 Å². The molecular formula is C24H16F2N4O2. The molecule has 0 amide bonds. The Labute approximate surface area is 181 Å². The summed E-state index contributed by atoms with van der Waals surface area (Å²) < 4.78 is 39.0. The Morgan fingerprint density at radius 3 is 1.56 bits per heavy atom. The molecule has 158 valence electrons. The van der Waals surface area contributed by atoms with E-state index >= 15 is 0 Å². The minimum Gasteiger partial charge on any atom is -0.334 e. The minimum absolute atomic E-state index is 0.154. The highest BCUT2D eigenvalue weighted by Crippen LogP contribution is 2.29. The summed E-state index contributed by atoms with van der Waals surface area (Å²) in [5.74, 6) is -0.125. The second kappa shape index (κ2) is 7.81. The fourth-order valence-corrected chi connectivity index (χ4v) is 3.31. The summed E-state index contributed by atoms with van der Waals surface area (Å²) in [4.78, 5) is 8.66. The molecule has 6 nitrogen and oxygen atoms in total. The highest BCUT2D eigenvalue weighted by atomic mass is 19.1. The van der Waals surface area contributed by atoms with E-state index in [0.29, 0.717) is 11.1 Å². The lowest BCUT2D eigenvalue weighted by molar-refractivity contribution is 0.430. The lowest BCUT2D eigenvalue weighted by Gasteiger charge is -1.99. The summed E-state index contributed by atoms with van der Waals surface area (Å²) in [6, 6.07) is 16.4. The van der Waals surface area contributed by atoms with Gasteiger partial charge in [0.15, 0.2) is 0 Å². The summed E-state index contributed by atoms with van der Waals surface area (Å²) >= 11 is 0. The third-order valence-corrected chi connectivity index (χ3v) is 4.93. The second-order valence-electron chi connectivity index (χ2n) is 7.39. The van der Waals surface area contributed by atoms with Gasteiger partial charge >= 0.3 is 0 Å². The maximum Gasteiger partial charge on any atom is 0.258 e. The SMILES string of the molecule is Cc1ccc(F)c(-c2noc(-c3cccc(-c4nc(-c5cc(C)ccc5F)no4)c3)n2)c1. The lowest BCUT2D eigenvalue weighted by Crippen LogP contribution is -1.88. The Hall–Kier alpha value is -4.20. The van der Waals surface area contributed by atoms with Crippen molar-refractivity contribution in [3.8, 4) is 45.7 Å². The Balaban J connectivity index is 1.48. The summed E-state index contributed by atoms with van der Waals surface area (Å²) in [7, 11) is 0. The van der Waals surface area contributed by atoms with Crippen LogP contribution >= 0.6 is 0 Å². The molecule has 0 fully saturated rings. The number of aromatic nitrogens is 4. The van der Waals surface area contributed by atoms with Gasteiger partial charge < -0.3 is 9.05 Å². The van der Waals surface area contributed by atoms with Crippen LogP contribution in [-0.2, 0) is 0 Å². The monoisotopic (exact) mass is 430 g/mol. The first-order chi connectivity index (χ1) is 15.5. The molecule has 0 aliphatic rings. The topological polar surface area (TPSA) is 77.8 Å². The lowest BCUT2D eigenvalue weighted by atomic mass is 10.1. The van der Waals surface area contributed by atoms with Crippen LogP contribution < -0.4 is 0 Å². The van der Waals surface area contributed by atoms with Crippen molar-refractivity contribution in [1.82, 2.24) is 20.3 Å². The van der Waals surface area contributed by atoms with Gasteiger partial charge in [-0.15, -0.1) is 0 Å². The number of hydrogen-bond acceptors (Lipinski definition) is 6. The van der Waals surface area contributed by atoms with Crippen molar-refractivity contribution in [2.75, 3.05) is 0 Å². The number of halogens is 2. The van der Waals surface area contributed by atoms with Crippen LogP contribution in [0.5, 0.6) is 0 Å². The van der Waals surface area contributed by atoms with Gasteiger partial charge in [-0.25, -0.2) is 8.78 Å². The van der Waals surface area contributed by atoms with E-state index in [1.165, 1.54) is 12.1 Å². The Bertz CT molecular complexity index is 1340. The summed E-state index contributed by atoms with van der Waals surface area (Å²) in [5.41, 5.74) is 3.47. The molecule has 0 bridgehead atoms. The van der Waals surface area contributed by atoms with Crippen LogP contribution in [-0.4, -0.2) is 20.3 Å². The molecule has 8 heteroatoms. The molecule has 5 rings (SSSR count). The molecule has 2 aromatic heterocycles. The summed E-state index contributed by atoms with van der Waals surface area (Å²) in [6.07, 6.45) is 0. The average molecular weight is 430 g/mol. The fourth-order valence-electron chi connectivity index (χ4n) is 3.31. The first kappa shape index (κ1) is 19.7. The summed E-state index contributed by atoms with van der Waals surface area (Å²) in [5, 5.41) is 7.82. The van der Waals surface area contributed by atoms with Crippen molar-refractivity contribution in [2.24, 2.45) is 0 Å². The minimum atomic E-state index is -0.432. The molecule has 0 unspecified atom stereocenters. The van der Waals surface area contributed by atoms with E-state index in [2.05, 4.69) is 20.3 Å². The van der Waals surface area contributed by atoms with Crippen LogP contribution in [0.3, 0.4) is 0 Å². The second-order valence-corrected chi connectivity index (χ2v) is 7.39. The number of benzene rings is 3. The third-order valence-electron chi connectivity index (χ3n) is 4.93. The van der Waals surface area contributed by atoms with Crippen LogP contribution in [0.25, 0.3) is 45.7 Å². The molecule has 0 aliphatic heterocycles. The zero-order valence-electron chi connectivity index (χ0n) is 17.1. The smallest absolute Gasteiger partial charge is 0.258 e. The quantitative estimate of drug-likeness (QED) is 0.347. The van der Waals surface area contributed by atoms with Crippen LogP contribution in [0.1, 0.15) is 11.1 Å². The molecule has 0 saturated heterocycles. The third kappa shape index (κ3) is 3.66. The summed E-state index contributed by atoms with van der Waals surface area (Å²) in [6.45, 7) is 3.71. The van der Waals surface area contributed by atoms with E-state index in [-0.39, 0.29) is 34.6 Å². The van der Waals surface area contributed by atoms with Crippen molar-refractivity contribution >= 4 is 0 Å². The van der Waals surface area contributed by atoms with E-state index in [0.717, 1.165) is 11.1 Å². The maximum absolute atomic E-state index is 14.2. The van der Waals surface area contributed by atoms with Gasteiger partial charge in [-0.1, -0.05) is 39.6 Å². The van der Waals surface area contributed by atoms with Crippen LogP contribution in [0, 0.1) is 25.5 Å². The van der Waals surface area contributed by atoms with Crippen LogP contribution in [0.15, 0.2) is 69.7 Å². The van der Waals surface area contributed by atoms with Gasteiger partial charge in [0.2, 0.25) is 11.6 Å². The van der Waals surface area contributed by atoms with Gasteiger partial charge in [0.05, 0.1) is 11.1 Å². The van der Waals surface area contributed by atoms with Crippen LogP contribution in [0.2, 0.25) is 0 Å². The zero-order chi connectivity index (χ0) is 22.2. The highest BCUT2D eigenvalue weighted by molar-refractivity contribution is 5.67. The van der Waals surface area contributed by atoms with Crippen molar-refractivity contribution in [3.05, 3.63) is 83.4 Å². The Morgan fingerprint density at radius 1 is 0.625 bits per heavy atom. The van der Waals surface area contributed by atoms with Crippen molar-refractivity contribution < 1.29 is 17.8 Å². The molecular weight excluding hydrogens is 414 g/mol. The van der Waals surface area contributed by atoms with E-state index in [1.807, 2.05) is 13.8 Å². The highest BCUT2D eigenvalue weighted by Gasteiger charge is 2.17. The van der Waals surface area contributed by atoms with Gasteiger partial charge in [0, 0.05) is 11.1 Å². The largest absolute Gasteiger partial charge is 0.334 e. The zero-order valence-corrected chi connectivity index (χ0v) is 17.1. The fraction of sp³-hybridized carbons (Fsp3) is 0.0833. The predicted molar refractivity (Wildman–Crippen MR) is 113 cm³/mol. The molecule has 0 saturated carbocycles. The Morgan fingerprint density at radius 2 is 1.09 bits per heavy atom. The molecule has 0 radical (unpaired) electrons. The van der Waals surface area contributed by atoms with Gasteiger partial charge in [0.1, 0.15) is 11.6 Å². The number of rotatable bonds is 4. The van der Waals surface area contributed by atoms with Gasteiger partial charge in [-0.2, -0.15) is 9.97 Å². The molecule has 0 spiro atoms. The number of nitrogens with zero attached hydrogens (tertiary/aromatic N) is 4. The van der Waals surface area contributed by atoms with Crippen molar-refractivity contribution in [3.63, 3.8) is 0 Å². The first-order valence-corrected chi connectivity index (χ1v) is 9.79. The van der Waals surface area contributed by atoms with Gasteiger partial charge in [-0.3, -0.25) is 0 Å². The van der Waals surface area contributed by atoms with Gasteiger partial charge in [-0.05, 0) is 56.3 Å². The Kier molecular flexibility index (Phi) is 4.82. The molecule has 0 aliphatic carbocycles. The molecule has 0 N–H and O–H groups in total. The van der Waals surface area contributed by atoms with E-state index in [1.54, 1.807) is 48.5 Å². The first-order valence-electron chi connectivity index (χ1n) is 9.79. The van der Waals surface area contributed by atoms with Crippen LogP contribution in [0.4, 0.5) is 8.78 Å². The van der Waals surface area contributed by atoms with E-state index < -0.39 is 11.6 Å². The molecule has 5 aromatic rings. The molecule has 32 heavy (non-hydrogen) atoms. The van der Waals surface area contributed by atoms with E-state index in [4.69, 9.17) is 9.05 Å². The number of hydrogen-bond donors (Lipinski definition) is 0. The predicted octanol–water partition coefficient (Wildman–Crippen LogP) is 6.02. The van der Waals surface area contributed by atoms with Crippen molar-refractivity contribution in [2.45, 2.75) is 13.8 Å². The maximum atomic E-state index is 14.2. The molecule has 3 aromatic carbocycles.